The zero-order valence-electron chi connectivity index (χ0n) is 13.7. The Balaban J connectivity index is 1.91. The minimum atomic E-state index is -1.12. The number of aromatic nitrogens is 2. The van der Waals surface area contributed by atoms with E-state index in [4.69, 9.17) is 0 Å². The highest BCUT2D eigenvalue weighted by Gasteiger charge is 2.13. The molecule has 2 aromatic carbocycles. The van der Waals surface area contributed by atoms with E-state index in [0.29, 0.717) is 12.1 Å². The molecule has 0 saturated heterocycles. The smallest absolute Gasteiger partial charge is 0.167 e. The van der Waals surface area contributed by atoms with Crippen LogP contribution in [0.2, 0.25) is 0 Å². The fourth-order valence-corrected chi connectivity index (χ4v) is 2.24. The van der Waals surface area contributed by atoms with E-state index in [1.165, 1.54) is 13.0 Å². The lowest BCUT2D eigenvalue weighted by atomic mass is 10.2. The minimum absolute atomic E-state index is 0.0571. The monoisotopic (exact) mass is 380 g/mol. The normalized spacial score (nSPS) is 10.7. The van der Waals surface area contributed by atoms with Crippen LogP contribution >= 0.6 is 0 Å². The molecule has 1 heterocycles. The number of nitrogens with zero attached hydrogens (tertiary/aromatic N) is 2. The number of hydrogen-bond acceptors (Lipinski definition) is 6. The summed E-state index contributed by atoms with van der Waals surface area (Å²) >= 11 is 0. The predicted octanol–water partition coefficient (Wildman–Crippen LogP) is 4.24. The number of phenolic OH excluding ortho intramolecular Hbond substituents is 2. The van der Waals surface area contributed by atoms with Crippen LogP contribution in [0.4, 0.5) is 40.6 Å². The Hall–Kier alpha value is -3.56. The summed E-state index contributed by atoms with van der Waals surface area (Å²) in [6.07, 6.45) is 0. The molecule has 0 fully saturated rings. The van der Waals surface area contributed by atoms with Crippen LogP contribution in [0.1, 0.15) is 5.82 Å². The van der Waals surface area contributed by atoms with Crippen LogP contribution in [0.15, 0.2) is 30.3 Å². The van der Waals surface area contributed by atoms with Crippen LogP contribution in [-0.2, 0) is 0 Å². The van der Waals surface area contributed by atoms with Crippen molar-refractivity contribution in [2.75, 3.05) is 10.6 Å². The van der Waals surface area contributed by atoms with Crippen LogP contribution in [0.25, 0.3) is 0 Å². The predicted molar refractivity (Wildman–Crippen MR) is 89.4 cm³/mol. The first-order valence-corrected chi connectivity index (χ1v) is 7.48. The molecule has 0 bridgehead atoms. The van der Waals surface area contributed by atoms with E-state index in [-0.39, 0.29) is 28.8 Å². The summed E-state index contributed by atoms with van der Waals surface area (Å²) in [5.74, 6) is -5.36. The molecule has 27 heavy (non-hydrogen) atoms. The number of anilines is 4. The fraction of sp³-hybridized carbons (Fsp3) is 0.0588. The van der Waals surface area contributed by atoms with E-state index in [0.717, 1.165) is 12.1 Å². The first-order valence-electron chi connectivity index (χ1n) is 7.48. The number of phenols is 2. The zero-order valence-corrected chi connectivity index (χ0v) is 13.7. The van der Waals surface area contributed by atoms with Gasteiger partial charge in [0, 0.05) is 30.3 Å². The zero-order chi connectivity index (χ0) is 19.7. The molecule has 0 unspecified atom stereocenters. The molecule has 0 radical (unpaired) electrons. The van der Waals surface area contributed by atoms with Gasteiger partial charge >= 0.3 is 0 Å². The molecular weight excluding hydrogens is 368 g/mol. The molecule has 140 valence electrons. The molecule has 10 heteroatoms. The van der Waals surface area contributed by atoms with E-state index in [2.05, 4.69) is 20.6 Å². The summed E-state index contributed by atoms with van der Waals surface area (Å²) in [7, 11) is 0. The average Bonchev–Trinajstić information content (AvgIpc) is 2.57. The van der Waals surface area contributed by atoms with Gasteiger partial charge in [-0.05, 0) is 6.92 Å². The van der Waals surface area contributed by atoms with Crippen LogP contribution in [-0.4, -0.2) is 20.2 Å². The summed E-state index contributed by atoms with van der Waals surface area (Å²) in [6.45, 7) is 1.51. The number of benzene rings is 2. The largest absolute Gasteiger partial charge is 0.505 e. The Kier molecular flexibility index (Phi) is 4.72. The highest BCUT2D eigenvalue weighted by molar-refractivity contribution is 5.65. The molecule has 4 N–H and O–H groups in total. The van der Waals surface area contributed by atoms with Crippen molar-refractivity contribution in [3.8, 4) is 11.5 Å². The third kappa shape index (κ3) is 4.00. The first-order chi connectivity index (χ1) is 12.7. The summed E-state index contributed by atoms with van der Waals surface area (Å²) in [5.41, 5.74) is -0.493. The van der Waals surface area contributed by atoms with Gasteiger partial charge in [0.15, 0.2) is 23.1 Å². The Morgan fingerprint density at radius 1 is 0.667 bits per heavy atom. The second-order valence-electron chi connectivity index (χ2n) is 5.50. The summed E-state index contributed by atoms with van der Waals surface area (Å²) in [6, 6.07) is 3.95. The Bertz CT molecular complexity index is 953. The van der Waals surface area contributed by atoms with Crippen LogP contribution < -0.4 is 10.6 Å². The highest BCUT2D eigenvalue weighted by atomic mass is 19.1. The number of nitrogens with one attached hydrogen (secondary N) is 2. The SMILES string of the molecule is Cc1nc(Nc2cc(O)c(F)cc2F)cc(Nc2cc(O)c(F)cc2F)n1. The van der Waals surface area contributed by atoms with Gasteiger partial charge in [0.1, 0.15) is 29.1 Å². The molecule has 1 aromatic heterocycles. The number of aromatic hydroxyl groups is 2. The molecule has 0 spiro atoms. The molecule has 0 aliphatic heterocycles. The molecular formula is C17H12F4N4O2. The van der Waals surface area contributed by atoms with Gasteiger partial charge in [-0.25, -0.2) is 27.5 Å². The quantitative estimate of drug-likeness (QED) is 0.506. The van der Waals surface area contributed by atoms with E-state index in [1.54, 1.807) is 0 Å². The molecule has 3 aromatic rings. The van der Waals surface area contributed by atoms with Crippen LogP contribution in [0.3, 0.4) is 0 Å². The lowest BCUT2D eigenvalue weighted by Gasteiger charge is -2.12. The van der Waals surface area contributed by atoms with Gasteiger partial charge in [-0.1, -0.05) is 0 Å². The number of hydrogen-bond donors (Lipinski definition) is 4. The number of halogens is 4. The van der Waals surface area contributed by atoms with Gasteiger partial charge in [-0.2, -0.15) is 0 Å². The Labute approximate surface area is 150 Å². The van der Waals surface area contributed by atoms with Gasteiger partial charge in [-0.3, -0.25) is 0 Å². The maximum absolute atomic E-state index is 13.8. The van der Waals surface area contributed by atoms with Crippen molar-refractivity contribution in [3.63, 3.8) is 0 Å². The molecule has 0 atom stereocenters. The van der Waals surface area contributed by atoms with Crippen molar-refractivity contribution in [2.24, 2.45) is 0 Å². The minimum Gasteiger partial charge on any atom is -0.505 e. The lowest BCUT2D eigenvalue weighted by Crippen LogP contribution is -2.03. The van der Waals surface area contributed by atoms with E-state index >= 15 is 0 Å². The molecule has 0 amide bonds. The van der Waals surface area contributed by atoms with Crippen molar-refractivity contribution in [2.45, 2.75) is 6.92 Å². The molecule has 3 rings (SSSR count). The lowest BCUT2D eigenvalue weighted by molar-refractivity contribution is 0.428. The maximum Gasteiger partial charge on any atom is 0.167 e. The van der Waals surface area contributed by atoms with Crippen LogP contribution in [0, 0.1) is 30.2 Å². The second-order valence-corrected chi connectivity index (χ2v) is 5.50. The Morgan fingerprint density at radius 3 is 1.48 bits per heavy atom. The van der Waals surface area contributed by atoms with E-state index < -0.39 is 34.8 Å². The maximum atomic E-state index is 13.8. The van der Waals surface area contributed by atoms with Gasteiger partial charge < -0.3 is 20.8 Å². The summed E-state index contributed by atoms with van der Waals surface area (Å²) < 4.78 is 53.9. The van der Waals surface area contributed by atoms with Crippen molar-refractivity contribution >= 4 is 23.0 Å². The molecule has 0 aliphatic rings. The van der Waals surface area contributed by atoms with Crippen molar-refractivity contribution in [3.05, 3.63) is 59.4 Å². The topological polar surface area (TPSA) is 90.3 Å². The third-order valence-corrected chi connectivity index (χ3v) is 3.44. The fourth-order valence-electron chi connectivity index (χ4n) is 2.24. The number of rotatable bonds is 4. The third-order valence-electron chi connectivity index (χ3n) is 3.44. The van der Waals surface area contributed by atoms with Crippen LogP contribution in [0.5, 0.6) is 11.5 Å². The molecule has 6 nitrogen and oxygen atoms in total. The number of aryl methyl sites for hydroxylation is 1. The van der Waals surface area contributed by atoms with Gasteiger partial charge in [0.05, 0.1) is 11.4 Å². The van der Waals surface area contributed by atoms with E-state index in [9.17, 15) is 27.8 Å². The second kappa shape index (κ2) is 6.98. The van der Waals surface area contributed by atoms with Crippen molar-refractivity contribution in [1.29, 1.82) is 0 Å². The average molecular weight is 380 g/mol. The Morgan fingerprint density at radius 2 is 1.07 bits per heavy atom. The first kappa shape index (κ1) is 18.2. The van der Waals surface area contributed by atoms with Crippen molar-refractivity contribution < 1.29 is 27.8 Å². The van der Waals surface area contributed by atoms with Crippen molar-refractivity contribution in [1.82, 2.24) is 9.97 Å². The van der Waals surface area contributed by atoms with Gasteiger partial charge in [0.25, 0.3) is 0 Å². The molecule has 0 saturated carbocycles. The summed E-state index contributed by atoms with van der Waals surface area (Å²) in [4.78, 5) is 8.02. The standard InChI is InChI=1S/C17H12F4N4O2/c1-7-22-16(24-12-4-14(26)10(20)2-8(12)18)6-17(23-7)25-13-5-15(27)11(21)3-9(13)19/h2-6,26-27H,1H3,(H2,22,23,24,25). The van der Waals surface area contributed by atoms with E-state index in [1.807, 2.05) is 0 Å². The van der Waals surface area contributed by atoms with Gasteiger partial charge in [-0.15, -0.1) is 0 Å². The summed E-state index contributed by atoms with van der Waals surface area (Å²) in [5, 5.41) is 23.8. The molecule has 0 aliphatic carbocycles. The van der Waals surface area contributed by atoms with Gasteiger partial charge in [0.2, 0.25) is 0 Å². The highest BCUT2D eigenvalue weighted by Crippen LogP contribution is 2.29.